The lowest BCUT2D eigenvalue weighted by molar-refractivity contribution is 0.0623. The molecule has 2 aliphatic rings. The Hall–Kier alpha value is -3.11. The van der Waals surface area contributed by atoms with E-state index in [0.29, 0.717) is 55.2 Å². The largest absolute Gasteiger partial charge is 0.507 e. The van der Waals surface area contributed by atoms with E-state index in [1.807, 2.05) is 11.9 Å². The number of carbonyl (C=O) groups is 1. The fraction of sp³-hybridized carbons (Fsp3) is 0.448. The van der Waals surface area contributed by atoms with E-state index in [1.165, 1.54) is 12.1 Å². The van der Waals surface area contributed by atoms with Gasteiger partial charge in [-0.3, -0.25) is 4.79 Å². The number of nitrogens with two attached hydrogens (primary N) is 1. The van der Waals surface area contributed by atoms with Gasteiger partial charge in [-0.2, -0.15) is 0 Å². The zero-order valence-corrected chi connectivity index (χ0v) is 22.7. The fourth-order valence-electron chi connectivity index (χ4n) is 5.85. The standard InChI is InChI=1S/C29H34ClN3O6/c1-32-13-10-19(23(36)16-32)26-25(39-29(37)33-12-5-4-6-17(33)9-11-31)15-22(35)27-21(34)14-24(38-28(26)27)18-7-2-3-8-20(18)30/h2-3,7-8,14-15,17,19,23,35-36H,4-6,9-13,16,31H2,1H3/t17?,19-,23+/m0/s1. The molecule has 2 saturated heterocycles. The van der Waals surface area contributed by atoms with Crippen LogP contribution in [0.3, 0.4) is 0 Å². The van der Waals surface area contributed by atoms with Crippen LogP contribution in [-0.4, -0.2) is 71.5 Å². The number of piperidine rings is 2. The number of halogens is 1. The number of likely N-dealkylation sites (tertiary alicyclic amines) is 2. The summed E-state index contributed by atoms with van der Waals surface area (Å²) in [6.45, 7) is 2.06. The molecule has 3 atom stereocenters. The van der Waals surface area contributed by atoms with Gasteiger partial charge < -0.3 is 34.9 Å². The topological polar surface area (TPSA) is 129 Å². The van der Waals surface area contributed by atoms with Crippen LogP contribution in [0.4, 0.5) is 4.79 Å². The Kier molecular flexibility index (Phi) is 8.13. The summed E-state index contributed by atoms with van der Waals surface area (Å²) in [4.78, 5) is 30.5. The van der Waals surface area contributed by atoms with E-state index >= 15 is 0 Å². The average molecular weight is 556 g/mol. The number of phenols is 1. The first-order chi connectivity index (χ1) is 18.8. The Morgan fingerprint density at radius 2 is 2.00 bits per heavy atom. The lowest BCUT2D eigenvalue weighted by Crippen LogP contribution is -2.46. The molecular formula is C29H34ClN3O6. The van der Waals surface area contributed by atoms with Gasteiger partial charge in [-0.15, -0.1) is 0 Å². The zero-order valence-electron chi connectivity index (χ0n) is 21.9. The van der Waals surface area contributed by atoms with Gasteiger partial charge in [0.25, 0.3) is 0 Å². The van der Waals surface area contributed by atoms with Crippen molar-refractivity contribution in [3.05, 3.63) is 57.2 Å². The summed E-state index contributed by atoms with van der Waals surface area (Å²) in [6.07, 6.45) is 2.52. The van der Waals surface area contributed by atoms with Crippen LogP contribution < -0.4 is 15.9 Å². The summed E-state index contributed by atoms with van der Waals surface area (Å²) in [6, 6.07) is 9.51. The predicted molar refractivity (Wildman–Crippen MR) is 149 cm³/mol. The maximum Gasteiger partial charge on any atom is 0.415 e. The van der Waals surface area contributed by atoms with Gasteiger partial charge in [0.05, 0.1) is 11.1 Å². The summed E-state index contributed by atoms with van der Waals surface area (Å²) in [5, 5.41) is 22.4. The van der Waals surface area contributed by atoms with Crippen LogP contribution in [0.5, 0.6) is 11.5 Å². The molecule has 4 N–H and O–H groups in total. The highest BCUT2D eigenvalue weighted by Gasteiger charge is 2.35. The average Bonchev–Trinajstić information content (AvgIpc) is 2.90. The second kappa shape index (κ2) is 11.6. The number of hydrogen-bond donors (Lipinski definition) is 3. The van der Waals surface area contributed by atoms with E-state index in [4.69, 9.17) is 26.5 Å². The third-order valence-electron chi connectivity index (χ3n) is 7.84. The Bertz CT molecular complexity index is 1420. The van der Waals surface area contributed by atoms with Crippen molar-refractivity contribution in [3.8, 4) is 22.8 Å². The van der Waals surface area contributed by atoms with Crippen LogP contribution in [0.2, 0.25) is 5.02 Å². The van der Waals surface area contributed by atoms with Crippen LogP contribution >= 0.6 is 11.6 Å². The first kappa shape index (κ1) is 27.5. The second-order valence-corrected chi connectivity index (χ2v) is 10.9. The van der Waals surface area contributed by atoms with E-state index in [9.17, 15) is 19.8 Å². The van der Waals surface area contributed by atoms with Crippen molar-refractivity contribution in [2.75, 3.05) is 33.2 Å². The first-order valence-corrected chi connectivity index (χ1v) is 13.8. The molecule has 0 aliphatic carbocycles. The number of phenolic OH excluding ortho intramolecular Hbond substituents is 1. The first-order valence-electron chi connectivity index (χ1n) is 13.4. The summed E-state index contributed by atoms with van der Waals surface area (Å²) in [7, 11) is 1.92. The van der Waals surface area contributed by atoms with Crippen LogP contribution in [0.1, 0.15) is 43.6 Å². The molecule has 2 aromatic carbocycles. The number of carbonyl (C=O) groups excluding carboxylic acids is 1. The van der Waals surface area contributed by atoms with E-state index in [1.54, 1.807) is 29.2 Å². The predicted octanol–water partition coefficient (Wildman–Crippen LogP) is 4.30. The fourth-order valence-corrected chi connectivity index (χ4v) is 6.08. The number of aliphatic hydroxyl groups is 1. The number of β-amino-alcohol motifs (C(OH)–C–C–N with tert-alkyl or cyclic N) is 1. The van der Waals surface area contributed by atoms with Gasteiger partial charge >= 0.3 is 6.09 Å². The molecule has 0 saturated carbocycles. The molecule has 1 amide bonds. The highest BCUT2D eigenvalue weighted by atomic mass is 35.5. The van der Waals surface area contributed by atoms with Crippen LogP contribution in [0, 0.1) is 0 Å². The molecule has 10 heteroatoms. The molecule has 5 rings (SSSR count). The smallest absolute Gasteiger partial charge is 0.415 e. The molecule has 0 bridgehead atoms. The molecule has 208 valence electrons. The van der Waals surface area contributed by atoms with Gasteiger partial charge in [-0.25, -0.2) is 4.79 Å². The van der Waals surface area contributed by atoms with Gasteiger partial charge in [0, 0.05) is 48.3 Å². The summed E-state index contributed by atoms with van der Waals surface area (Å²) in [5.74, 6) is -0.590. The minimum atomic E-state index is -0.816. The maximum absolute atomic E-state index is 13.5. The number of fused-ring (bicyclic) bond motifs is 1. The van der Waals surface area contributed by atoms with Crippen molar-refractivity contribution in [3.63, 3.8) is 0 Å². The van der Waals surface area contributed by atoms with Crippen molar-refractivity contribution in [2.24, 2.45) is 5.73 Å². The van der Waals surface area contributed by atoms with Gasteiger partial charge in [-0.05, 0) is 64.4 Å². The molecule has 0 spiro atoms. The molecule has 0 radical (unpaired) electrons. The Labute approximate surface area is 231 Å². The normalized spacial score (nSPS) is 22.3. The van der Waals surface area contributed by atoms with E-state index in [-0.39, 0.29) is 34.3 Å². The molecule has 2 fully saturated rings. The van der Waals surface area contributed by atoms with Gasteiger partial charge in [0.15, 0.2) is 5.43 Å². The van der Waals surface area contributed by atoms with Crippen molar-refractivity contribution in [2.45, 2.75) is 50.2 Å². The highest BCUT2D eigenvalue weighted by molar-refractivity contribution is 6.33. The summed E-state index contributed by atoms with van der Waals surface area (Å²) in [5.41, 5.74) is 6.29. The minimum Gasteiger partial charge on any atom is -0.507 e. The molecule has 39 heavy (non-hydrogen) atoms. The minimum absolute atomic E-state index is 0.0348. The van der Waals surface area contributed by atoms with Crippen molar-refractivity contribution >= 4 is 28.7 Å². The Morgan fingerprint density at radius 3 is 2.74 bits per heavy atom. The lowest BCUT2D eigenvalue weighted by Gasteiger charge is -2.36. The number of hydrogen-bond acceptors (Lipinski definition) is 8. The molecular weight excluding hydrogens is 522 g/mol. The second-order valence-electron chi connectivity index (χ2n) is 10.5. The van der Waals surface area contributed by atoms with Crippen molar-refractivity contribution in [1.82, 2.24) is 9.80 Å². The molecule has 9 nitrogen and oxygen atoms in total. The monoisotopic (exact) mass is 555 g/mol. The van der Waals surface area contributed by atoms with E-state index in [0.717, 1.165) is 19.3 Å². The maximum atomic E-state index is 13.5. The van der Waals surface area contributed by atoms with Gasteiger partial charge in [0.2, 0.25) is 0 Å². The number of ether oxygens (including phenoxy) is 1. The molecule has 3 aromatic rings. The summed E-state index contributed by atoms with van der Waals surface area (Å²) < 4.78 is 12.2. The lowest BCUT2D eigenvalue weighted by atomic mass is 9.85. The Balaban J connectivity index is 1.67. The van der Waals surface area contributed by atoms with Crippen molar-refractivity contribution < 1.29 is 24.2 Å². The third-order valence-corrected chi connectivity index (χ3v) is 8.17. The van der Waals surface area contributed by atoms with Gasteiger partial charge in [-0.1, -0.05) is 23.7 Å². The number of rotatable bonds is 5. The Morgan fingerprint density at radius 1 is 1.21 bits per heavy atom. The molecule has 1 unspecified atom stereocenters. The van der Waals surface area contributed by atoms with Crippen LogP contribution in [0.25, 0.3) is 22.3 Å². The van der Waals surface area contributed by atoms with E-state index in [2.05, 4.69) is 0 Å². The third kappa shape index (κ3) is 5.49. The molecule has 1 aromatic heterocycles. The van der Waals surface area contributed by atoms with Gasteiger partial charge in [0.1, 0.15) is 28.2 Å². The number of aliphatic hydroxyl groups excluding tert-OH is 1. The highest BCUT2D eigenvalue weighted by Crippen LogP contribution is 2.44. The number of amides is 1. The zero-order chi connectivity index (χ0) is 27.7. The molecule has 3 heterocycles. The van der Waals surface area contributed by atoms with Crippen LogP contribution in [-0.2, 0) is 0 Å². The summed E-state index contributed by atoms with van der Waals surface area (Å²) >= 11 is 6.41. The number of nitrogens with zero attached hydrogens (tertiary/aromatic N) is 2. The number of aromatic hydroxyl groups is 1. The number of likely N-dealkylation sites (N-methyl/N-ethyl adjacent to an activating group) is 1. The number of benzene rings is 2. The van der Waals surface area contributed by atoms with E-state index < -0.39 is 23.5 Å². The molecule has 2 aliphatic heterocycles. The van der Waals surface area contributed by atoms with Crippen molar-refractivity contribution in [1.29, 1.82) is 0 Å². The quantitative estimate of drug-likeness (QED) is 0.425. The SMILES string of the molecule is CN1CC[C@H](c2c(OC(=O)N3CCCCC3CCN)cc(O)c3c(=O)cc(-c4ccccc4Cl)oc23)[C@H](O)C1. The van der Waals surface area contributed by atoms with Crippen LogP contribution in [0.15, 0.2) is 45.6 Å².